The summed E-state index contributed by atoms with van der Waals surface area (Å²) < 4.78 is 5.22. The van der Waals surface area contributed by atoms with Crippen LogP contribution in [-0.4, -0.2) is 35.6 Å². The Labute approximate surface area is 112 Å². The Morgan fingerprint density at radius 3 is 2.78 bits per heavy atom. The molecule has 18 heavy (non-hydrogen) atoms. The molecule has 0 atom stereocenters. The Kier molecular flexibility index (Phi) is 4.45. The number of benzene rings is 1. The molecule has 1 heterocycles. The molecule has 100 valence electrons. The molecule has 1 saturated heterocycles. The number of phenols is 1. The molecule has 1 aliphatic rings. The number of nitrogens with one attached hydrogen (secondary N) is 1. The summed E-state index contributed by atoms with van der Waals surface area (Å²) in [6.07, 6.45) is 1.28. The Balaban J connectivity index is 1.86. The number of ether oxygens (including phenoxy) is 1. The van der Waals surface area contributed by atoms with Crippen molar-refractivity contribution in [3.8, 4) is 5.75 Å². The molecule has 0 saturated carbocycles. The van der Waals surface area contributed by atoms with Gasteiger partial charge in [0.2, 0.25) is 0 Å². The molecule has 0 aliphatic carbocycles. The van der Waals surface area contributed by atoms with E-state index in [9.17, 15) is 10.2 Å². The molecular weight excluding hydrogens is 254 g/mol. The number of halogens is 1. The van der Waals surface area contributed by atoms with E-state index in [1.165, 1.54) is 0 Å². The number of aliphatic hydroxyl groups is 1. The van der Waals surface area contributed by atoms with Crippen molar-refractivity contribution >= 4 is 11.6 Å². The molecule has 0 unspecified atom stereocenters. The summed E-state index contributed by atoms with van der Waals surface area (Å²) in [6, 6.07) is 4.94. The zero-order valence-electron chi connectivity index (χ0n) is 10.2. The molecule has 5 heteroatoms. The van der Waals surface area contributed by atoms with E-state index >= 15 is 0 Å². The van der Waals surface area contributed by atoms with Gasteiger partial charge in [-0.15, -0.1) is 0 Å². The van der Waals surface area contributed by atoms with Crippen LogP contribution in [0, 0.1) is 0 Å². The van der Waals surface area contributed by atoms with E-state index < -0.39 is 5.60 Å². The molecule has 0 amide bonds. The lowest BCUT2D eigenvalue weighted by atomic mass is 9.94. The highest BCUT2D eigenvalue weighted by Crippen LogP contribution is 2.22. The minimum Gasteiger partial charge on any atom is -0.508 e. The van der Waals surface area contributed by atoms with Crippen LogP contribution in [0.25, 0.3) is 0 Å². The summed E-state index contributed by atoms with van der Waals surface area (Å²) in [6.45, 7) is 2.17. The van der Waals surface area contributed by atoms with Gasteiger partial charge < -0.3 is 20.3 Å². The van der Waals surface area contributed by atoms with Crippen LogP contribution in [0.5, 0.6) is 5.75 Å². The molecule has 1 aromatic carbocycles. The molecule has 1 aliphatic heterocycles. The summed E-state index contributed by atoms with van der Waals surface area (Å²) in [5.41, 5.74) is 0.0325. The first-order valence-corrected chi connectivity index (χ1v) is 6.45. The predicted molar refractivity (Wildman–Crippen MR) is 69.8 cm³/mol. The van der Waals surface area contributed by atoms with E-state index in [0.29, 0.717) is 44.2 Å². The highest BCUT2D eigenvalue weighted by molar-refractivity contribution is 6.30. The largest absolute Gasteiger partial charge is 0.508 e. The maximum atomic E-state index is 10.2. The molecule has 4 nitrogen and oxygen atoms in total. The van der Waals surface area contributed by atoms with Crippen LogP contribution in [0.1, 0.15) is 18.4 Å². The Morgan fingerprint density at radius 2 is 2.06 bits per heavy atom. The van der Waals surface area contributed by atoms with E-state index in [-0.39, 0.29) is 5.75 Å². The Bertz CT molecular complexity index is 405. The van der Waals surface area contributed by atoms with Crippen molar-refractivity contribution in [3.05, 3.63) is 28.8 Å². The number of aromatic hydroxyl groups is 1. The number of hydrogen-bond donors (Lipinski definition) is 3. The summed E-state index contributed by atoms with van der Waals surface area (Å²) in [5.74, 6) is 0.214. The topological polar surface area (TPSA) is 61.7 Å². The van der Waals surface area contributed by atoms with Crippen molar-refractivity contribution in [1.29, 1.82) is 0 Å². The van der Waals surface area contributed by atoms with E-state index in [1.807, 2.05) is 0 Å². The van der Waals surface area contributed by atoms with Gasteiger partial charge >= 0.3 is 0 Å². The maximum absolute atomic E-state index is 10.2. The molecular formula is C13H18ClNO3. The zero-order valence-corrected chi connectivity index (χ0v) is 10.9. The third-order valence-corrected chi connectivity index (χ3v) is 3.47. The van der Waals surface area contributed by atoms with Gasteiger partial charge in [-0.1, -0.05) is 11.6 Å². The predicted octanol–water partition coefficient (Wildman–Crippen LogP) is 1.68. The van der Waals surface area contributed by atoms with Gasteiger partial charge in [0.15, 0.2) is 0 Å². The quantitative estimate of drug-likeness (QED) is 0.780. The van der Waals surface area contributed by atoms with Crippen molar-refractivity contribution in [3.63, 3.8) is 0 Å². The van der Waals surface area contributed by atoms with Gasteiger partial charge in [0.1, 0.15) is 5.75 Å². The SMILES string of the molecule is Oc1ccc(Cl)cc1CNCC1(O)CCOCC1. The summed E-state index contributed by atoms with van der Waals surface area (Å²) in [4.78, 5) is 0. The first kappa shape index (κ1) is 13.6. The van der Waals surface area contributed by atoms with E-state index in [2.05, 4.69) is 5.32 Å². The van der Waals surface area contributed by atoms with Gasteiger partial charge in [-0.05, 0) is 18.2 Å². The smallest absolute Gasteiger partial charge is 0.120 e. The van der Waals surface area contributed by atoms with Gasteiger partial charge in [0.25, 0.3) is 0 Å². The first-order valence-electron chi connectivity index (χ1n) is 6.07. The van der Waals surface area contributed by atoms with Gasteiger partial charge in [-0.2, -0.15) is 0 Å². The van der Waals surface area contributed by atoms with E-state index in [0.717, 1.165) is 5.56 Å². The summed E-state index contributed by atoms with van der Waals surface area (Å²) >= 11 is 5.87. The highest BCUT2D eigenvalue weighted by Gasteiger charge is 2.29. The second-order valence-corrected chi connectivity index (χ2v) is 5.15. The maximum Gasteiger partial charge on any atom is 0.120 e. The fraction of sp³-hybridized carbons (Fsp3) is 0.538. The van der Waals surface area contributed by atoms with Crippen LogP contribution < -0.4 is 5.32 Å². The van der Waals surface area contributed by atoms with Gasteiger partial charge in [-0.3, -0.25) is 0 Å². The fourth-order valence-electron chi connectivity index (χ4n) is 2.05. The van der Waals surface area contributed by atoms with Gasteiger partial charge in [0.05, 0.1) is 5.60 Å². The highest BCUT2D eigenvalue weighted by atomic mass is 35.5. The van der Waals surface area contributed by atoms with E-state index in [4.69, 9.17) is 16.3 Å². The van der Waals surface area contributed by atoms with Crippen molar-refractivity contribution in [2.24, 2.45) is 0 Å². The second kappa shape index (κ2) is 5.89. The van der Waals surface area contributed by atoms with Crippen molar-refractivity contribution in [2.75, 3.05) is 19.8 Å². The van der Waals surface area contributed by atoms with Crippen LogP contribution in [0.3, 0.4) is 0 Å². The van der Waals surface area contributed by atoms with Crippen molar-refractivity contribution < 1.29 is 14.9 Å². The standard InChI is InChI=1S/C13H18ClNO3/c14-11-1-2-12(16)10(7-11)8-15-9-13(17)3-5-18-6-4-13/h1-2,7,15-17H,3-6,8-9H2. The lowest BCUT2D eigenvalue weighted by Gasteiger charge is -2.32. The average Bonchev–Trinajstić information content (AvgIpc) is 2.34. The summed E-state index contributed by atoms with van der Waals surface area (Å²) in [7, 11) is 0. The molecule has 0 aromatic heterocycles. The molecule has 1 fully saturated rings. The number of phenolic OH excluding ortho intramolecular Hbond substituents is 1. The van der Waals surface area contributed by atoms with E-state index in [1.54, 1.807) is 18.2 Å². The minimum atomic E-state index is -0.702. The van der Waals surface area contributed by atoms with Crippen molar-refractivity contribution in [2.45, 2.75) is 25.0 Å². The Hall–Kier alpha value is -0.810. The molecule has 3 N–H and O–H groups in total. The minimum absolute atomic E-state index is 0.214. The Morgan fingerprint density at radius 1 is 1.33 bits per heavy atom. The number of rotatable bonds is 4. The van der Waals surface area contributed by atoms with Crippen LogP contribution in [0.4, 0.5) is 0 Å². The van der Waals surface area contributed by atoms with Crippen LogP contribution >= 0.6 is 11.6 Å². The van der Waals surface area contributed by atoms with Crippen LogP contribution in [0.2, 0.25) is 5.02 Å². The summed E-state index contributed by atoms with van der Waals surface area (Å²) in [5, 5.41) is 23.6. The molecule has 0 radical (unpaired) electrons. The average molecular weight is 272 g/mol. The number of hydrogen-bond acceptors (Lipinski definition) is 4. The molecule has 0 spiro atoms. The van der Waals surface area contributed by atoms with Gasteiger partial charge in [-0.25, -0.2) is 0 Å². The van der Waals surface area contributed by atoms with Crippen molar-refractivity contribution in [1.82, 2.24) is 5.32 Å². The third kappa shape index (κ3) is 3.59. The van der Waals surface area contributed by atoms with Gasteiger partial charge in [0, 0.05) is 49.7 Å². The normalized spacial score (nSPS) is 18.8. The molecule has 2 rings (SSSR count). The lowest BCUT2D eigenvalue weighted by Crippen LogP contribution is -2.44. The second-order valence-electron chi connectivity index (χ2n) is 4.71. The van der Waals surface area contributed by atoms with Crippen LogP contribution in [0.15, 0.2) is 18.2 Å². The molecule has 1 aromatic rings. The lowest BCUT2D eigenvalue weighted by molar-refractivity contribution is -0.0617. The third-order valence-electron chi connectivity index (χ3n) is 3.23. The first-order chi connectivity index (χ1) is 8.59. The zero-order chi connectivity index (χ0) is 13.0. The fourth-order valence-corrected chi connectivity index (χ4v) is 2.25. The monoisotopic (exact) mass is 271 g/mol. The van der Waals surface area contributed by atoms with Crippen LogP contribution in [-0.2, 0) is 11.3 Å². The molecule has 0 bridgehead atoms.